The Bertz CT molecular complexity index is 1730. The average molecular weight is 564 g/mol. The number of aromatic carboxylic acids is 1. The van der Waals surface area contributed by atoms with Crippen LogP contribution in [0, 0.1) is 6.92 Å². The van der Waals surface area contributed by atoms with Crippen LogP contribution in [0.25, 0.3) is 16.9 Å². The van der Waals surface area contributed by atoms with Gasteiger partial charge in [0.2, 0.25) is 0 Å². The molecule has 0 atom stereocenters. The number of carboxylic acid groups (broad SMARTS) is 1. The van der Waals surface area contributed by atoms with Crippen LogP contribution in [-0.4, -0.2) is 27.8 Å². The van der Waals surface area contributed by atoms with Gasteiger partial charge in [0.15, 0.2) is 0 Å². The number of carbonyl (C=O) groups is 2. The number of carbonyl (C=O) groups excluding carboxylic acids is 1. The van der Waals surface area contributed by atoms with E-state index in [0.717, 1.165) is 22.6 Å². The molecule has 0 aliphatic carbocycles. The highest BCUT2D eigenvalue weighted by Crippen LogP contribution is 2.27. The average Bonchev–Trinajstić information content (AvgIpc) is 3.38. The number of carboxylic acids is 1. The number of benzene rings is 4. The molecule has 0 aliphatic rings. The lowest BCUT2D eigenvalue weighted by molar-refractivity contribution is 0.0696. The van der Waals surface area contributed by atoms with Crippen LogP contribution in [0.15, 0.2) is 114 Å². The van der Waals surface area contributed by atoms with Crippen molar-refractivity contribution in [1.82, 2.24) is 9.99 Å². The highest BCUT2D eigenvalue weighted by Gasteiger charge is 2.11. The number of aryl methyl sites for hydroxylation is 1. The Hall–Kier alpha value is -5.14. The molecule has 0 unspecified atom stereocenters. The Morgan fingerprint density at radius 1 is 0.902 bits per heavy atom. The molecule has 1 aromatic heterocycles. The first kappa shape index (κ1) is 27.4. The van der Waals surface area contributed by atoms with Crippen LogP contribution in [0.1, 0.15) is 37.5 Å². The Balaban J connectivity index is 1.20. The summed E-state index contributed by atoms with van der Waals surface area (Å²) in [7, 11) is 0. The van der Waals surface area contributed by atoms with Gasteiger partial charge >= 0.3 is 5.97 Å². The van der Waals surface area contributed by atoms with Gasteiger partial charge in [-0.05, 0) is 90.3 Å². The summed E-state index contributed by atoms with van der Waals surface area (Å²) in [5, 5.41) is 13.6. The fourth-order valence-corrected chi connectivity index (χ4v) is 4.62. The summed E-state index contributed by atoms with van der Waals surface area (Å²) in [4.78, 5) is 23.8. The lowest BCUT2D eigenvalue weighted by atomic mass is 10.1. The largest absolute Gasteiger partial charge is 0.487 e. The van der Waals surface area contributed by atoms with Crippen molar-refractivity contribution < 1.29 is 19.4 Å². The van der Waals surface area contributed by atoms with Crippen LogP contribution in [0.3, 0.4) is 0 Å². The fourth-order valence-electron chi connectivity index (χ4n) is 4.38. The molecule has 4 aromatic carbocycles. The van der Waals surface area contributed by atoms with Gasteiger partial charge < -0.3 is 14.4 Å². The topological polar surface area (TPSA) is 92.9 Å². The van der Waals surface area contributed by atoms with E-state index < -0.39 is 5.97 Å². The Labute approximate surface area is 242 Å². The number of halogens is 1. The molecule has 41 heavy (non-hydrogen) atoms. The standard InChI is InChI=1S/C33H26ClN3O4/c1-22-10-16-30(25-7-3-2-4-8-25)37(22)28-14-12-26(13-15-28)32(38)36-35-20-23-11-17-31(29(34)19-23)41-21-24-6-5-9-27(18-24)33(39)40/h2-20H,21H2,1H3,(H,36,38)(H,39,40)/b35-20+. The monoisotopic (exact) mass is 563 g/mol. The molecular weight excluding hydrogens is 538 g/mol. The van der Waals surface area contributed by atoms with Crippen molar-refractivity contribution in [2.45, 2.75) is 13.5 Å². The number of hydrogen-bond donors (Lipinski definition) is 2. The van der Waals surface area contributed by atoms with Crippen molar-refractivity contribution >= 4 is 29.7 Å². The first-order valence-electron chi connectivity index (χ1n) is 12.8. The zero-order chi connectivity index (χ0) is 28.8. The van der Waals surface area contributed by atoms with Crippen molar-refractivity contribution in [3.63, 3.8) is 0 Å². The second-order valence-corrected chi connectivity index (χ2v) is 9.70. The minimum absolute atomic E-state index is 0.167. The molecule has 1 amide bonds. The first-order valence-corrected chi connectivity index (χ1v) is 13.2. The van der Waals surface area contributed by atoms with Gasteiger partial charge in [0.05, 0.1) is 22.5 Å². The number of nitrogens with one attached hydrogen (secondary N) is 1. The third-order valence-electron chi connectivity index (χ3n) is 6.44. The van der Waals surface area contributed by atoms with E-state index in [4.69, 9.17) is 21.4 Å². The molecular formula is C33H26ClN3O4. The molecule has 5 rings (SSSR count). The van der Waals surface area contributed by atoms with Gasteiger partial charge in [0.25, 0.3) is 5.91 Å². The number of hydrogen-bond acceptors (Lipinski definition) is 4. The lowest BCUT2D eigenvalue weighted by Gasteiger charge is -2.12. The van der Waals surface area contributed by atoms with Gasteiger partial charge in [-0.3, -0.25) is 4.79 Å². The van der Waals surface area contributed by atoms with E-state index in [9.17, 15) is 9.59 Å². The Kier molecular flexibility index (Phi) is 8.27. The van der Waals surface area contributed by atoms with E-state index in [0.29, 0.717) is 27.5 Å². The van der Waals surface area contributed by atoms with Crippen molar-refractivity contribution in [3.05, 3.63) is 142 Å². The van der Waals surface area contributed by atoms with Crippen LogP contribution in [0.2, 0.25) is 5.02 Å². The summed E-state index contributed by atoms with van der Waals surface area (Å²) < 4.78 is 7.90. The molecule has 0 saturated carbocycles. The highest BCUT2D eigenvalue weighted by atomic mass is 35.5. The van der Waals surface area contributed by atoms with E-state index >= 15 is 0 Å². The smallest absolute Gasteiger partial charge is 0.335 e. The van der Waals surface area contributed by atoms with Gasteiger partial charge in [-0.1, -0.05) is 54.1 Å². The predicted octanol–water partition coefficient (Wildman–Crippen LogP) is 7.15. The van der Waals surface area contributed by atoms with Crippen LogP contribution >= 0.6 is 11.6 Å². The first-order chi connectivity index (χ1) is 19.9. The van der Waals surface area contributed by atoms with Gasteiger partial charge in [-0.2, -0.15) is 5.10 Å². The predicted molar refractivity (Wildman–Crippen MR) is 160 cm³/mol. The highest BCUT2D eigenvalue weighted by molar-refractivity contribution is 6.32. The molecule has 2 N–H and O–H groups in total. The Morgan fingerprint density at radius 3 is 2.41 bits per heavy atom. The minimum Gasteiger partial charge on any atom is -0.487 e. The van der Waals surface area contributed by atoms with Gasteiger partial charge in [0.1, 0.15) is 12.4 Å². The van der Waals surface area contributed by atoms with Crippen LogP contribution in [0.5, 0.6) is 5.75 Å². The maximum Gasteiger partial charge on any atom is 0.335 e. The number of rotatable bonds is 9. The summed E-state index contributed by atoms with van der Waals surface area (Å²) in [5.41, 5.74) is 8.83. The molecule has 8 heteroatoms. The van der Waals surface area contributed by atoms with E-state index in [2.05, 4.69) is 39.4 Å². The maximum absolute atomic E-state index is 12.7. The molecule has 0 fully saturated rings. The van der Waals surface area contributed by atoms with E-state index in [1.54, 1.807) is 48.5 Å². The van der Waals surface area contributed by atoms with Crippen molar-refractivity contribution in [1.29, 1.82) is 0 Å². The third kappa shape index (κ3) is 6.54. The summed E-state index contributed by atoms with van der Waals surface area (Å²) in [6.07, 6.45) is 1.49. The fraction of sp³-hybridized carbons (Fsp3) is 0.0606. The molecule has 7 nitrogen and oxygen atoms in total. The quantitative estimate of drug-likeness (QED) is 0.147. The summed E-state index contributed by atoms with van der Waals surface area (Å²) in [6, 6.07) is 33.3. The molecule has 5 aromatic rings. The molecule has 0 saturated heterocycles. The number of aromatic nitrogens is 1. The van der Waals surface area contributed by atoms with Crippen LogP contribution in [-0.2, 0) is 6.61 Å². The zero-order valence-corrected chi connectivity index (χ0v) is 22.9. The SMILES string of the molecule is Cc1ccc(-c2ccccc2)n1-c1ccc(C(=O)N/N=C/c2ccc(OCc3cccc(C(=O)O)c3)c(Cl)c2)cc1. The van der Waals surface area contributed by atoms with Crippen molar-refractivity contribution in [3.8, 4) is 22.7 Å². The molecule has 204 valence electrons. The van der Waals surface area contributed by atoms with E-state index in [1.807, 2.05) is 37.3 Å². The molecule has 0 spiro atoms. The van der Waals surface area contributed by atoms with E-state index in [-0.39, 0.29) is 18.1 Å². The maximum atomic E-state index is 12.7. The molecule has 0 aliphatic heterocycles. The van der Waals surface area contributed by atoms with Gasteiger partial charge in [0, 0.05) is 16.9 Å². The minimum atomic E-state index is -0.998. The summed E-state index contributed by atoms with van der Waals surface area (Å²) in [5.74, 6) is -0.890. The van der Waals surface area contributed by atoms with Crippen molar-refractivity contribution in [2.24, 2.45) is 5.10 Å². The number of hydrazone groups is 1. The van der Waals surface area contributed by atoms with Crippen LogP contribution < -0.4 is 10.2 Å². The zero-order valence-electron chi connectivity index (χ0n) is 22.1. The van der Waals surface area contributed by atoms with Crippen molar-refractivity contribution in [2.75, 3.05) is 0 Å². The Morgan fingerprint density at radius 2 is 1.68 bits per heavy atom. The lowest BCUT2D eigenvalue weighted by Crippen LogP contribution is -2.17. The van der Waals surface area contributed by atoms with Crippen LogP contribution in [0.4, 0.5) is 0 Å². The summed E-state index contributed by atoms with van der Waals surface area (Å²) in [6.45, 7) is 2.22. The number of ether oxygens (including phenoxy) is 1. The summed E-state index contributed by atoms with van der Waals surface area (Å²) >= 11 is 6.36. The van der Waals surface area contributed by atoms with Gasteiger partial charge in [-0.15, -0.1) is 0 Å². The molecule has 0 bridgehead atoms. The molecule has 0 radical (unpaired) electrons. The second kappa shape index (κ2) is 12.4. The third-order valence-corrected chi connectivity index (χ3v) is 6.73. The number of amides is 1. The second-order valence-electron chi connectivity index (χ2n) is 9.29. The molecule has 1 heterocycles. The normalized spacial score (nSPS) is 11.0. The number of nitrogens with zero attached hydrogens (tertiary/aromatic N) is 2. The van der Waals surface area contributed by atoms with E-state index in [1.165, 1.54) is 12.3 Å². The van der Waals surface area contributed by atoms with Gasteiger partial charge in [-0.25, -0.2) is 10.2 Å².